The van der Waals surface area contributed by atoms with Gasteiger partial charge < -0.3 is 21.3 Å². The molecule has 1 saturated carbocycles. The van der Waals surface area contributed by atoms with Crippen LogP contribution in [0.3, 0.4) is 0 Å². The fourth-order valence-corrected chi connectivity index (χ4v) is 3.35. The Morgan fingerprint density at radius 2 is 2.21 bits per heavy atom. The lowest BCUT2D eigenvalue weighted by Crippen LogP contribution is -2.25. The maximum Gasteiger partial charge on any atom is 0.263 e. The maximum atomic E-state index is 12.0. The zero-order valence-corrected chi connectivity index (χ0v) is 11.9. The van der Waals surface area contributed by atoms with Crippen LogP contribution in [0.2, 0.25) is 0 Å². The highest BCUT2D eigenvalue weighted by atomic mass is 32.1. The summed E-state index contributed by atoms with van der Waals surface area (Å²) in [4.78, 5) is 14.9. The Kier molecular flexibility index (Phi) is 3.36. The van der Waals surface area contributed by atoms with Gasteiger partial charge in [-0.3, -0.25) is 4.79 Å². The Hall–Kier alpha value is -1.27. The number of nitrogen functional groups attached to an aromatic ring is 1. The van der Waals surface area contributed by atoms with Gasteiger partial charge in [0, 0.05) is 18.6 Å². The number of nitrogens with two attached hydrogens (primary N) is 1. The van der Waals surface area contributed by atoms with E-state index in [0.29, 0.717) is 22.6 Å². The van der Waals surface area contributed by atoms with Crippen LogP contribution >= 0.6 is 11.3 Å². The summed E-state index contributed by atoms with van der Waals surface area (Å²) in [6.45, 7) is 2.16. The summed E-state index contributed by atoms with van der Waals surface area (Å²) in [6.07, 6.45) is 3.32. The van der Waals surface area contributed by atoms with Crippen molar-refractivity contribution < 1.29 is 4.79 Å². The van der Waals surface area contributed by atoms with Crippen LogP contribution in [-0.4, -0.2) is 43.0 Å². The second-order valence-electron chi connectivity index (χ2n) is 5.54. The number of anilines is 2. The van der Waals surface area contributed by atoms with Gasteiger partial charge in [-0.05, 0) is 38.9 Å². The molecule has 2 fully saturated rings. The minimum atomic E-state index is -0.0263. The van der Waals surface area contributed by atoms with Gasteiger partial charge in [0.1, 0.15) is 4.88 Å². The van der Waals surface area contributed by atoms with Crippen molar-refractivity contribution in [2.45, 2.75) is 31.3 Å². The monoisotopic (exact) mass is 280 g/mol. The summed E-state index contributed by atoms with van der Waals surface area (Å²) in [6, 6.07) is 2.71. The Balaban J connectivity index is 1.64. The molecule has 4 N–H and O–H groups in total. The molecular weight excluding hydrogens is 260 g/mol. The van der Waals surface area contributed by atoms with E-state index in [0.717, 1.165) is 37.4 Å². The molecule has 0 spiro atoms. The third-order valence-corrected chi connectivity index (χ3v) is 4.70. The van der Waals surface area contributed by atoms with Crippen molar-refractivity contribution in [2.24, 2.45) is 0 Å². The molecule has 1 amide bonds. The number of thiophene rings is 1. The van der Waals surface area contributed by atoms with Crippen molar-refractivity contribution in [3.63, 3.8) is 0 Å². The number of likely N-dealkylation sites (N-methyl/N-ethyl adjacent to an activating group) is 1. The van der Waals surface area contributed by atoms with Crippen LogP contribution in [0.1, 0.15) is 28.9 Å². The minimum Gasteiger partial charge on any atom is -0.397 e. The molecule has 1 unspecified atom stereocenters. The van der Waals surface area contributed by atoms with Crippen LogP contribution in [-0.2, 0) is 0 Å². The Labute approximate surface area is 117 Å². The quantitative estimate of drug-likeness (QED) is 0.778. The van der Waals surface area contributed by atoms with Crippen molar-refractivity contribution in [1.82, 2.24) is 10.2 Å². The predicted molar refractivity (Wildman–Crippen MR) is 78.7 cm³/mol. The number of nitrogens with zero attached hydrogens (tertiary/aromatic N) is 1. The summed E-state index contributed by atoms with van der Waals surface area (Å²) >= 11 is 1.46. The molecule has 0 radical (unpaired) electrons. The number of nitrogens with one attached hydrogen (secondary N) is 2. The second-order valence-corrected chi connectivity index (χ2v) is 6.59. The van der Waals surface area contributed by atoms with Crippen LogP contribution in [0.15, 0.2) is 6.07 Å². The van der Waals surface area contributed by atoms with Crippen LogP contribution in [0.5, 0.6) is 0 Å². The van der Waals surface area contributed by atoms with E-state index in [1.54, 1.807) is 0 Å². The molecule has 5 nitrogen and oxygen atoms in total. The fourth-order valence-electron chi connectivity index (χ4n) is 2.39. The number of rotatable bonds is 4. The molecule has 1 saturated heterocycles. The maximum absolute atomic E-state index is 12.0. The lowest BCUT2D eigenvalue weighted by Gasteiger charge is -2.11. The van der Waals surface area contributed by atoms with E-state index in [1.807, 2.05) is 6.07 Å². The fraction of sp³-hybridized carbons (Fsp3) is 0.615. The number of hydrogen-bond acceptors (Lipinski definition) is 5. The first-order valence-electron chi connectivity index (χ1n) is 6.77. The molecule has 1 aromatic rings. The molecule has 1 aromatic heterocycles. The lowest BCUT2D eigenvalue weighted by molar-refractivity contribution is 0.0956. The Morgan fingerprint density at radius 3 is 2.84 bits per heavy atom. The van der Waals surface area contributed by atoms with Crippen LogP contribution < -0.4 is 16.4 Å². The van der Waals surface area contributed by atoms with Gasteiger partial charge in [0.2, 0.25) is 0 Å². The second kappa shape index (κ2) is 5.02. The van der Waals surface area contributed by atoms with Gasteiger partial charge in [-0.1, -0.05) is 0 Å². The van der Waals surface area contributed by atoms with E-state index < -0.39 is 0 Å². The molecule has 1 atom stereocenters. The molecule has 1 aliphatic heterocycles. The van der Waals surface area contributed by atoms with E-state index in [2.05, 4.69) is 22.6 Å². The molecule has 104 valence electrons. The zero-order chi connectivity index (χ0) is 13.4. The molecule has 0 bridgehead atoms. The lowest BCUT2D eigenvalue weighted by atomic mass is 10.2. The van der Waals surface area contributed by atoms with Crippen LogP contribution in [0, 0.1) is 0 Å². The predicted octanol–water partition coefficient (Wildman–Crippen LogP) is 1.34. The van der Waals surface area contributed by atoms with E-state index in [-0.39, 0.29) is 5.91 Å². The molecule has 2 heterocycles. The van der Waals surface area contributed by atoms with E-state index in [9.17, 15) is 4.79 Å². The SMILES string of the molecule is CN1CCC(Nc2cc(N)c(C(=O)NC3CC3)s2)C1. The van der Waals surface area contributed by atoms with E-state index in [1.165, 1.54) is 11.3 Å². The van der Waals surface area contributed by atoms with Gasteiger partial charge in [-0.2, -0.15) is 0 Å². The van der Waals surface area contributed by atoms with Crippen molar-refractivity contribution >= 4 is 27.9 Å². The molecular formula is C13H20N4OS. The molecule has 6 heteroatoms. The van der Waals surface area contributed by atoms with Gasteiger partial charge in [-0.15, -0.1) is 11.3 Å². The first-order valence-corrected chi connectivity index (χ1v) is 7.58. The van der Waals surface area contributed by atoms with Gasteiger partial charge in [-0.25, -0.2) is 0 Å². The Bertz CT molecular complexity index is 483. The highest BCUT2D eigenvalue weighted by Crippen LogP contribution is 2.31. The largest absolute Gasteiger partial charge is 0.397 e. The zero-order valence-electron chi connectivity index (χ0n) is 11.1. The van der Waals surface area contributed by atoms with Gasteiger partial charge in [0.15, 0.2) is 0 Å². The summed E-state index contributed by atoms with van der Waals surface area (Å²) in [5.41, 5.74) is 6.52. The van der Waals surface area contributed by atoms with E-state index >= 15 is 0 Å². The Morgan fingerprint density at radius 1 is 1.42 bits per heavy atom. The summed E-state index contributed by atoms with van der Waals surface area (Å²) in [5.74, 6) is -0.0263. The average molecular weight is 280 g/mol. The van der Waals surface area contributed by atoms with Crippen molar-refractivity contribution in [1.29, 1.82) is 0 Å². The van der Waals surface area contributed by atoms with Gasteiger partial charge in [0.25, 0.3) is 5.91 Å². The van der Waals surface area contributed by atoms with Crippen LogP contribution in [0.25, 0.3) is 0 Å². The molecule has 0 aromatic carbocycles. The molecule has 2 aliphatic rings. The van der Waals surface area contributed by atoms with Crippen molar-refractivity contribution in [3.05, 3.63) is 10.9 Å². The topological polar surface area (TPSA) is 70.4 Å². The third kappa shape index (κ3) is 3.01. The first kappa shape index (κ1) is 12.7. The molecule has 1 aliphatic carbocycles. The van der Waals surface area contributed by atoms with E-state index in [4.69, 9.17) is 5.73 Å². The number of carbonyl (C=O) groups is 1. The van der Waals surface area contributed by atoms with Gasteiger partial charge >= 0.3 is 0 Å². The van der Waals surface area contributed by atoms with Crippen molar-refractivity contribution in [3.8, 4) is 0 Å². The highest BCUT2D eigenvalue weighted by molar-refractivity contribution is 7.18. The number of hydrogen-bond donors (Lipinski definition) is 3. The smallest absolute Gasteiger partial charge is 0.263 e. The molecule has 3 rings (SSSR count). The first-order chi connectivity index (χ1) is 9.11. The van der Waals surface area contributed by atoms with Crippen molar-refractivity contribution in [2.75, 3.05) is 31.2 Å². The standard InChI is InChI=1S/C13H20N4OS/c1-17-5-4-9(7-17)15-11-6-10(14)12(19-11)13(18)16-8-2-3-8/h6,8-9,15H,2-5,7,14H2,1H3,(H,16,18). The summed E-state index contributed by atoms with van der Waals surface area (Å²) in [7, 11) is 2.12. The number of amides is 1. The summed E-state index contributed by atoms with van der Waals surface area (Å²) in [5, 5.41) is 7.45. The minimum absolute atomic E-state index is 0.0263. The van der Waals surface area contributed by atoms with Gasteiger partial charge in [0.05, 0.1) is 10.7 Å². The third-order valence-electron chi connectivity index (χ3n) is 3.62. The highest BCUT2D eigenvalue weighted by Gasteiger charge is 2.26. The molecule has 19 heavy (non-hydrogen) atoms. The number of likely N-dealkylation sites (tertiary alicyclic amines) is 1. The summed E-state index contributed by atoms with van der Waals surface area (Å²) < 4.78 is 0. The number of carbonyl (C=O) groups excluding carboxylic acids is 1. The normalized spacial score (nSPS) is 23.5. The van der Waals surface area contributed by atoms with Crippen LogP contribution in [0.4, 0.5) is 10.7 Å². The average Bonchev–Trinajstić information content (AvgIpc) is 2.95.